The van der Waals surface area contributed by atoms with Crippen molar-refractivity contribution in [1.82, 2.24) is 19.1 Å². The highest BCUT2D eigenvalue weighted by Gasteiger charge is 2.24. The zero-order chi connectivity index (χ0) is 36.0. The molecule has 12 aromatic rings. The van der Waals surface area contributed by atoms with E-state index in [4.69, 9.17) is 9.97 Å². The smallest absolute Gasteiger partial charge is 0.235 e. The first-order chi connectivity index (χ1) is 27.3. The molecule has 0 spiro atoms. The van der Waals surface area contributed by atoms with Gasteiger partial charge in [-0.3, -0.25) is 4.57 Å². The van der Waals surface area contributed by atoms with E-state index in [9.17, 15) is 0 Å². The van der Waals surface area contributed by atoms with Crippen LogP contribution in [0.1, 0.15) is 0 Å². The minimum atomic E-state index is 0.666. The second-order valence-electron chi connectivity index (χ2n) is 14.1. The first-order valence-electron chi connectivity index (χ1n) is 18.6. The SMILES string of the molecule is c1ccc(-c2ccc(-n3c4ccccc4c4ccc5c(c6ccccc6n5-c5nc(-c6cccc7ccccc67)c6sc7ccccc7c6n5)c43)cc2)cc1. The van der Waals surface area contributed by atoms with Crippen LogP contribution in [0.15, 0.2) is 182 Å². The van der Waals surface area contributed by atoms with Gasteiger partial charge in [0.05, 0.1) is 38.0 Å². The third-order valence-electron chi connectivity index (χ3n) is 11.2. The van der Waals surface area contributed by atoms with E-state index in [0.29, 0.717) is 5.95 Å². The zero-order valence-corrected chi connectivity index (χ0v) is 30.3. The molecule has 256 valence electrons. The fourth-order valence-electron chi connectivity index (χ4n) is 8.72. The molecule has 4 aromatic heterocycles. The molecule has 0 radical (unpaired) electrons. The number of hydrogen-bond donors (Lipinski definition) is 0. The molecule has 4 nitrogen and oxygen atoms in total. The Morgan fingerprint density at radius 1 is 0.418 bits per heavy atom. The number of hydrogen-bond acceptors (Lipinski definition) is 3. The first kappa shape index (κ1) is 30.4. The Hall–Kier alpha value is -7.08. The van der Waals surface area contributed by atoms with E-state index >= 15 is 0 Å². The molecule has 0 atom stereocenters. The van der Waals surface area contributed by atoms with Crippen LogP contribution in [0.2, 0.25) is 0 Å². The summed E-state index contributed by atoms with van der Waals surface area (Å²) >= 11 is 1.77. The van der Waals surface area contributed by atoms with Gasteiger partial charge in [0.2, 0.25) is 5.95 Å². The van der Waals surface area contributed by atoms with E-state index in [2.05, 4.69) is 191 Å². The fraction of sp³-hybridized carbons (Fsp3) is 0. The van der Waals surface area contributed by atoms with E-state index in [1.54, 1.807) is 11.3 Å². The Bertz CT molecular complexity index is 3470. The van der Waals surface area contributed by atoms with E-state index in [-0.39, 0.29) is 0 Å². The van der Waals surface area contributed by atoms with Gasteiger partial charge >= 0.3 is 0 Å². The van der Waals surface area contributed by atoms with Crippen LogP contribution in [0.3, 0.4) is 0 Å². The third-order valence-corrected chi connectivity index (χ3v) is 12.3. The second kappa shape index (κ2) is 11.7. The second-order valence-corrected chi connectivity index (χ2v) is 15.2. The van der Waals surface area contributed by atoms with Crippen LogP contribution in [0.25, 0.3) is 109 Å². The summed E-state index contributed by atoms with van der Waals surface area (Å²) in [6, 6.07) is 65.3. The van der Waals surface area contributed by atoms with Crippen molar-refractivity contribution in [3.05, 3.63) is 182 Å². The topological polar surface area (TPSA) is 35.6 Å². The number of fused-ring (bicyclic) bond motifs is 11. The van der Waals surface area contributed by atoms with Crippen LogP contribution >= 0.6 is 11.3 Å². The lowest BCUT2D eigenvalue weighted by atomic mass is 10.0. The van der Waals surface area contributed by atoms with Crippen LogP contribution in [0, 0.1) is 0 Å². The number of aromatic nitrogens is 4. The Morgan fingerprint density at radius 2 is 1.07 bits per heavy atom. The minimum absolute atomic E-state index is 0.666. The highest BCUT2D eigenvalue weighted by Crippen LogP contribution is 2.44. The molecule has 0 aliphatic heterocycles. The van der Waals surface area contributed by atoms with E-state index < -0.39 is 0 Å². The molecule has 0 N–H and O–H groups in total. The van der Waals surface area contributed by atoms with Crippen LogP contribution in [0.5, 0.6) is 0 Å². The molecule has 0 aliphatic carbocycles. The summed E-state index contributed by atoms with van der Waals surface area (Å²) in [5, 5.41) is 8.31. The van der Waals surface area contributed by atoms with Crippen molar-refractivity contribution in [2.24, 2.45) is 0 Å². The summed E-state index contributed by atoms with van der Waals surface area (Å²) in [5.41, 5.74) is 11.1. The molecule has 0 aliphatic rings. The van der Waals surface area contributed by atoms with Gasteiger partial charge in [-0.25, -0.2) is 9.97 Å². The lowest BCUT2D eigenvalue weighted by Gasteiger charge is -2.12. The lowest BCUT2D eigenvalue weighted by Crippen LogP contribution is -2.03. The van der Waals surface area contributed by atoms with E-state index in [0.717, 1.165) is 43.6 Å². The molecule has 12 rings (SSSR count). The Balaban J connectivity index is 1.19. The van der Waals surface area contributed by atoms with Crippen molar-refractivity contribution in [2.75, 3.05) is 0 Å². The average molecular weight is 719 g/mol. The molecular weight excluding hydrogens is 689 g/mol. The number of para-hydroxylation sites is 2. The first-order valence-corrected chi connectivity index (χ1v) is 19.4. The van der Waals surface area contributed by atoms with Gasteiger partial charge in [0.1, 0.15) is 0 Å². The third kappa shape index (κ3) is 4.45. The molecule has 5 heteroatoms. The normalized spacial score (nSPS) is 12.0. The van der Waals surface area contributed by atoms with Crippen LogP contribution in [-0.2, 0) is 0 Å². The zero-order valence-electron chi connectivity index (χ0n) is 29.5. The van der Waals surface area contributed by atoms with Crippen LogP contribution in [-0.4, -0.2) is 19.1 Å². The minimum Gasteiger partial charge on any atom is -0.309 e. The number of benzene rings is 8. The summed E-state index contributed by atoms with van der Waals surface area (Å²) in [4.78, 5) is 11.0. The molecule has 8 aromatic carbocycles. The predicted molar refractivity (Wildman–Crippen MR) is 232 cm³/mol. The van der Waals surface area contributed by atoms with Crippen LogP contribution < -0.4 is 0 Å². The van der Waals surface area contributed by atoms with Gasteiger partial charge in [-0.05, 0) is 58.3 Å². The fourth-order valence-corrected chi connectivity index (χ4v) is 9.87. The van der Waals surface area contributed by atoms with E-state index in [1.807, 2.05) is 0 Å². The number of nitrogens with zero attached hydrogens (tertiary/aromatic N) is 4. The van der Waals surface area contributed by atoms with Crippen molar-refractivity contribution in [2.45, 2.75) is 0 Å². The molecule has 4 heterocycles. The average Bonchev–Trinajstić information content (AvgIpc) is 3.91. The quantitative estimate of drug-likeness (QED) is 0.182. The Labute approximate surface area is 319 Å². The number of rotatable bonds is 4. The molecule has 0 bridgehead atoms. The van der Waals surface area contributed by atoms with Crippen molar-refractivity contribution < 1.29 is 0 Å². The van der Waals surface area contributed by atoms with Crippen molar-refractivity contribution in [3.63, 3.8) is 0 Å². The Kier molecular flexibility index (Phi) is 6.47. The summed E-state index contributed by atoms with van der Waals surface area (Å²) < 4.78 is 7.03. The summed E-state index contributed by atoms with van der Waals surface area (Å²) in [7, 11) is 0. The lowest BCUT2D eigenvalue weighted by molar-refractivity contribution is 1.02. The summed E-state index contributed by atoms with van der Waals surface area (Å²) in [5.74, 6) is 0.666. The largest absolute Gasteiger partial charge is 0.309 e. The monoisotopic (exact) mass is 718 g/mol. The molecule has 0 fully saturated rings. The molecule has 0 unspecified atom stereocenters. The van der Waals surface area contributed by atoms with Gasteiger partial charge in [-0.2, -0.15) is 0 Å². The van der Waals surface area contributed by atoms with Crippen LogP contribution in [0.4, 0.5) is 0 Å². The highest BCUT2D eigenvalue weighted by atomic mass is 32.1. The van der Waals surface area contributed by atoms with Gasteiger partial charge in [-0.15, -0.1) is 11.3 Å². The van der Waals surface area contributed by atoms with Crippen molar-refractivity contribution in [3.8, 4) is 34.0 Å². The maximum absolute atomic E-state index is 5.56. The maximum Gasteiger partial charge on any atom is 0.235 e. The maximum atomic E-state index is 5.56. The van der Waals surface area contributed by atoms with Gasteiger partial charge in [0.15, 0.2) is 0 Å². The van der Waals surface area contributed by atoms with Gasteiger partial charge in [0.25, 0.3) is 0 Å². The molecule has 0 saturated heterocycles. The highest BCUT2D eigenvalue weighted by molar-refractivity contribution is 7.26. The van der Waals surface area contributed by atoms with Gasteiger partial charge < -0.3 is 4.57 Å². The van der Waals surface area contributed by atoms with Gasteiger partial charge in [0, 0.05) is 42.9 Å². The molecular formula is C50H30N4S. The molecule has 0 saturated carbocycles. The predicted octanol–water partition coefficient (Wildman–Crippen LogP) is 13.5. The summed E-state index contributed by atoms with van der Waals surface area (Å²) in [6.07, 6.45) is 0. The standard InChI is InChI=1S/C50H30N4S/c1-2-13-31(14-3-1)32-25-27-34(28-26-32)53-41-22-9-6-18-36(41)38-29-30-43-45(48(38)53)39-19-7-10-23-42(39)54(43)50-51-46(37-21-12-16-33-15-4-5-17-35(33)37)49-47(52-50)40-20-8-11-24-44(40)55-49/h1-30H. The van der Waals surface area contributed by atoms with Crippen molar-refractivity contribution >= 4 is 86.0 Å². The Morgan fingerprint density at radius 3 is 1.91 bits per heavy atom. The summed E-state index contributed by atoms with van der Waals surface area (Å²) in [6.45, 7) is 0. The van der Waals surface area contributed by atoms with E-state index in [1.165, 1.54) is 59.2 Å². The molecule has 0 amide bonds. The van der Waals surface area contributed by atoms with Gasteiger partial charge in [-0.1, -0.05) is 146 Å². The molecule has 55 heavy (non-hydrogen) atoms. The number of thiophene rings is 1. The van der Waals surface area contributed by atoms with Crippen molar-refractivity contribution in [1.29, 1.82) is 0 Å².